The van der Waals surface area contributed by atoms with E-state index in [9.17, 15) is 0 Å². The molecule has 0 spiro atoms. The van der Waals surface area contributed by atoms with Gasteiger partial charge in [-0.05, 0) is 29.9 Å². The molecule has 1 heterocycles. The van der Waals surface area contributed by atoms with Crippen molar-refractivity contribution in [3.05, 3.63) is 29.1 Å². The molecular formula is C13H20BrN. The van der Waals surface area contributed by atoms with Crippen molar-refractivity contribution < 1.29 is 0 Å². The highest BCUT2D eigenvalue weighted by atomic mass is 79.9. The highest BCUT2D eigenvalue weighted by Crippen LogP contribution is 2.31. The molecule has 0 N–H and O–H groups in total. The second-order valence-electron chi connectivity index (χ2n) is 5.02. The van der Waals surface area contributed by atoms with Gasteiger partial charge in [0.25, 0.3) is 0 Å². The van der Waals surface area contributed by atoms with E-state index in [1.165, 1.54) is 11.1 Å². The molecule has 0 radical (unpaired) electrons. The maximum Gasteiger partial charge on any atom is 0.0416 e. The molecule has 1 atom stereocenters. The van der Waals surface area contributed by atoms with E-state index < -0.39 is 0 Å². The Hall–Kier alpha value is -0.370. The Bertz CT molecular complexity index is 339. The Kier molecular flexibility index (Phi) is 3.93. The summed E-state index contributed by atoms with van der Waals surface area (Å²) >= 11 is 3.70. The van der Waals surface area contributed by atoms with Crippen molar-refractivity contribution in [3.8, 4) is 0 Å². The van der Waals surface area contributed by atoms with Gasteiger partial charge in [-0.3, -0.25) is 4.98 Å². The van der Waals surface area contributed by atoms with Gasteiger partial charge in [-0.1, -0.05) is 49.7 Å². The van der Waals surface area contributed by atoms with E-state index in [-0.39, 0.29) is 5.41 Å². The van der Waals surface area contributed by atoms with Crippen molar-refractivity contribution in [2.24, 2.45) is 0 Å². The number of aromatic nitrogens is 1. The number of alkyl halides is 1. The van der Waals surface area contributed by atoms with Crippen LogP contribution in [0.15, 0.2) is 12.3 Å². The first-order chi connectivity index (χ1) is 6.86. The molecule has 1 unspecified atom stereocenters. The van der Waals surface area contributed by atoms with Crippen LogP contribution in [0.25, 0.3) is 0 Å². The first-order valence-corrected chi connectivity index (χ1v) is 6.39. The fraction of sp³-hybridized carbons (Fsp3) is 0.615. The molecule has 0 aliphatic rings. The molecular weight excluding hydrogens is 250 g/mol. The molecule has 1 rings (SSSR count). The molecule has 1 aromatic rings. The van der Waals surface area contributed by atoms with Gasteiger partial charge in [0.2, 0.25) is 0 Å². The highest BCUT2D eigenvalue weighted by Gasteiger charge is 2.17. The lowest BCUT2D eigenvalue weighted by Crippen LogP contribution is -2.13. The predicted molar refractivity (Wildman–Crippen MR) is 69.6 cm³/mol. The number of nitrogens with zero attached hydrogens (tertiary/aromatic N) is 1. The fourth-order valence-corrected chi connectivity index (χ4v) is 1.96. The van der Waals surface area contributed by atoms with Crippen LogP contribution < -0.4 is 0 Å². The van der Waals surface area contributed by atoms with Crippen LogP contribution in [0.1, 0.15) is 55.8 Å². The van der Waals surface area contributed by atoms with Gasteiger partial charge in [-0.25, -0.2) is 0 Å². The predicted octanol–water partition coefficient (Wildman–Crippen LogP) is 4.53. The Morgan fingerprint density at radius 1 is 1.40 bits per heavy atom. The summed E-state index contributed by atoms with van der Waals surface area (Å²) in [5.74, 6) is 0. The van der Waals surface area contributed by atoms with Crippen molar-refractivity contribution in [1.82, 2.24) is 4.98 Å². The molecule has 0 amide bonds. The quantitative estimate of drug-likeness (QED) is 0.719. The average molecular weight is 270 g/mol. The third kappa shape index (κ3) is 3.04. The van der Waals surface area contributed by atoms with Crippen molar-refractivity contribution >= 4 is 15.9 Å². The fourth-order valence-electron chi connectivity index (χ4n) is 1.50. The van der Waals surface area contributed by atoms with Gasteiger partial charge in [-0.2, -0.15) is 0 Å². The molecule has 0 aromatic carbocycles. The van der Waals surface area contributed by atoms with Crippen molar-refractivity contribution in [2.45, 2.75) is 51.3 Å². The molecule has 0 saturated heterocycles. The lowest BCUT2D eigenvalue weighted by molar-refractivity contribution is 0.585. The molecule has 84 valence electrons. The van der Waals surface area contributed by atoms with Gasteiger partial charge in [0, 0.05) is 16.7 Å². The lowest BCUT2D eigenvalue weighted by atomic mass is 9.87. The number of pyridine rings is 1. The van der Waals surface area contributed by atoms with Crippen LogP contribution in [-0.2, 0) is 5.41 Å². The number of rotatable bonds is 2. The topological polar surface area (TPSA) is 12.9 Å². The largest absolute Gasteiger partial charge is 0.261 e. The van der Waals surface area contributed by atoms with Crippen molar-refractivity contribution in [3.63, 3.8) is 0 Å². The first kappa shape index (κ1) is 12.7. The normalized spacial score (nSPS) is 14.0. The summed E-state index contributed by atoms with van der Waals surface area (Å²) in [7, 11) is 0. The van der Waals surface area contributed by atoms with E-state index in [0.717, 1.165) is 12.1 Å². The maximum atomic E-state index is 4.48. The smallest absolute Gasteiger partial charge is 0.0416 e. The molecule has 0 aliphatic heterocycles. The standard InChI is InChI=1S/C13H20BrN/c1-6-12(14)11-7-10(13(3,4)5)8-15-9(11)2/h7-8,12H,6H2,1-5H3. The molecule has 2 heteroatoms. The summed E-state index contributed by atoms with van der Waals surface area (Å²) < 4.78 is 0. The van der Waals surface area contributed by atoms with Gasteiger partial charge >= 0.3 is 0 Å². The zero-order valence-corrected chi connectivity index (χ0v) is 11.9. The highest BCUT2D eigenvalue weighted by molar-refractivity contribution is 9.09. The van der Waals surface area contributed by atoms with Crippen LogP contribution in [0.3, 0.4) is 0 Å². The van der Waals surface area contributed by atoms with E-state index in [4.69, 9.17) is 0 Å². The van der Waals surface area contributed by atoms with E-state index in [1.807, 2.05) is 6.20 Å². The summed E-state index contributed by atoms with van der Waals surface area (Å²) in [6, 6.07) is 2.28. The third-order valence-electron chi connectivity index (χ3n) is 2.69. The van der Waals surface area contributed by atoms with Crippen LogP contribution >= 0.6 is 15.9 Å². The molecule has 15 heavy (non-hydrogen) atoms. The molecule has 0 aliphatic carbocycles. The Morgan fingerprint density at radius 3 is 2.47 bits per heavy atom. The summed E-state index contributed by atoms with van der Waals surface area (Å²) in [4.78, 5) is 4.91. The molecule has 0 fully saturated rings. The van der Waals surface area contributed by atoms with Gasteiger partial charge in [0.15, 0.2) is 0 Å². The number of hydrogen-bond donors (Lipinski definition) is 0. The summed E-state index contributed by atoms with van der Waals surface area (Å²) in [6.45, 7) is 10.9. The zero-order valence-electron chi connectivity index (χ0n) is 10.3. The van der Waals surface area contributed by atoms with Gasteiger partial charge in [0.1, 0.15) is 0 Å². The maximum absolute atomic E-state index is 4.48. The third-order valence-corrected chi connectivity index (χ3v) is 3.83. The van der Waals surface area contributed by atoms with Crippen LogP contribution in [0.2, 0.25) is 0 Å². The van der Waals surface area contributed by atoms with E-state index in [1.54, 1.807) is 0 Å². The molecule has 0 saturated carbocycles. The van der Waals surface area contributed by atoms with Crippen molar-refractivity contribution in [1.29, 1.82) is 0 Å². The molecule has 1 aromatic heterocycles. The zero-order chi connectivity index (χ0) is 11.6. The van der Waals surface area contributed by atoms with Gasteiger partial charge in [-0.15, -0.1) is 0 Å². The minimum absolute atomic E-state index is 0.176. The van der Waals surface area contributed by atoms with E-state index >= 15 is 0 Å². The Balaban J connectivity index is 3.17. The second kappa shape index (κ2) is 4.65. The Labute approximate surface area is 101 Å². The summed E-state index contributed by atoms with van der Waals surface area (Å²) in [5.41, 5.74) is 3.94. The molecule has 0 bridgehead atoms. The SMILES string of the molecule is CCC(Br)c1cc(C(C)(C)C)cnc1C. The molecule has 1 nitrogen and oxygen atoms in total. The first-order valence-electron chi connectivity index (χ1n) is 5.47. The monoisotopic (exact) mass is 269 g/mol. The number of aryl methyl sites for hydroxylation is 1. The second-order valence-corrected chi connectivity index (χ2v) is 6.13. The van der Waals surface area contributed by atoms with Gasteiger partial charge < -0.3 is 0 Å². The minimum atomic E-state index is 0.176. The summed E-state index contributed by atoms with van der Waals surface area (Å²) in [6.07, 6.45) is 3.09. The minimum Gasteiger partial charge on any atom is -0.261 e. The van der Waals surface area contributed by atoms with Gasteiger partial charge in [0.05, 0.1) is 0 Å². The van der Waals surface area contributed by atoms with Crippen molar-refractivity contribution in [2.75, 3.05) is 0 Å². The van der Waals surface area contributed by atoms with Crippen LogP contribution in [-0.4, -0.2) is 4.98 Å². The van der Waals surface area contributed by atoms with Crippen LogP contribution in [0.5, 0.6) is 0 Å². The number of hydrogen-bond acceptors (Lipinski definition) is 1. The summed E-state index contributed by atoms with van der Waals surface area (Å²) in [5, 5.41) is 0. The lowest BCUT2D eigenvalue weighted by Gasteiger charge is -2.21. The van der Waals surface area contributed by atoms with E-state index in [2.05, 4.69) is 61.6 Å². The average Bonchev–Trinajstić information content (AvgIpc) is 2.15. The Morgan fingerprint density at radius 2 is 2.00 bits per heavy atom. The van der Waals surface area contributed by atoms with E-state index in [0.29, 0.717) is 4.83 Å². The number of halogens is 1. The van der Waals surface area contributed by atoms with Crippen LogP contribution in [0.4, 0.5) is 0 Å². The van der Waals surface area contributed by atoms with Crippen LogP contribution in [0, 0.1) is 6.92 Å².